The molecule has 16 heavy (non-hydrogen) atoms. The summed E-state index contributed by atoms with van der Waals surface area (Å²) in [5.74, 6) is 0.654. The summed E-state index contributed by atoms with van der Waals surface area (Å²) in [5.41, 5.74) is 7.46. The number of likely N-dealkylation sites (tertiary alicyclic amines) is 1. The lowest BCUT2D eigenvalue weighted by Gasteiger charge is -2.38. The Morgan fingerprint density at radius 3 is 2.75 bits per heavy atom. The van der Waals surface area contributed by atoms with Gasteiger partial charge in [-0.25, -0.2) is 0 Å². The minimum atomic E-state index is 0.318. The maximum atomic E-state index is 6.13. The van der Waals surface area contributed by atoms with E-state index in [-0.39, 0.29) is 0 Å². The number of pyridine rings is 1. The number of nitrogens with two attached hydrogens (primary N) is 1. The van der Waals surface area contributed by atoms with Crippen molar-refractivity contribution in [3.05, 3.63) is 30.1 Å². The molecule has 0 bridgehead atoms. The van der Waals surface area contributed by atoms with E-state index in [1.807, 2.05) is 12.4 Å². The molecule has 1 saturated heterocycles. The molecule has 1 aromatic rings. The molecule has 3 unspecified atom stereocenters. The maximum absolute atomic E-state index is 6.13. The molecule has 0 saturated carbocycles. The summed E-state index contributed by atoms with van der Waals surface area (Å²) < 4.78 is 0. The zero-order valence-electron chi connectivity index (χ0n) is 10.1. The van der Waals surface area contributed by atoms with Crippen LogP contribution >= 0.6 is 0 Å². The van der Waals surface area contributed by atoms with Crippen molar-refractivity contribution >= 4 is 0 Å². The third kappa shape index (κ3) is 2.42. The molecule has 2 heterocycles. The fourth-order valence-corrected chi connectivity index (χ4v) is 2.33. The van der Waals surface area contributed by atoms with Crippen molar-refractivity contribution in [2.24, 2.45) is 11.7 Å². The quantitative estimate of drug-likeness (QED) is 0.825. The third-order valence-electron chi connectivity index (χ3n) is 3.78. The minimum absolute atomic E-state index is 0.318. The van der Waals surface area contributed by atoms with Gasteiger partial charge in [0, 0.05) is 31.0 Å². The van der Waals surface area contributed by atoms with Crippen molar-refractivity contribution in [1.82, 2.24) is 9.88 Å². The van der Waals surface area contributed by atoms with Crippen LogP contribution in [-0.2, 0) is 0 Å². The van der Waals surface area contributed by atoms with Gasteiger partial charge in [-0.05, 0) is 43.5 Å². The average molecular weight is 219 g/mol. The van der Waals surface area contributed by atoms with Crippen LogP contribution in [-0.4, -0.2) is 29.0 Å². The van der Waals surface area contributed by atoms with Gasteiger partial charge < -0.3 is 5.73 Å². The predicted octanol–water partition coefficient (Wildman–Crippen LogP) is 1.81. The van der Waals surface area contributed by atoms with E-state index in [1.54, 1.807) is 0 Å². The Bertz CT molecular complexity index is 325. The second-order valence-corrected chi connectivity index (χ2v) is 4.88. The van der Waals surface area contributed by atoms with Gasteiger partial charge in [-0.1, -0.05) is 6.92 Å². The van der Waals surface area contributed by atoms with Crippen LogP contribution in [0.1, 0.15) is 31.9 Å². The summed E-state index contributed by atoms with van der Waals surface area (Å²) >= 11 is 0. The summed E-state index contributed by atoms with van der Waals surface area (Å²) in [5, 5.41) is 0. The molecule has 0 spiro atoms. The van der Waals surface area contributed by atoms with E-state index < -0.39 is 0 Å². The lowest BCUT2D eigenvalue weighted by molar-refractivity contribution is 0.128. The van der Waals surface area contributed by atoms with E-state index in [4.69, 9.17) is 5.73 Å². The molecule has 0 aromatic carbocycles. The lowest BCUT2D eigenvalue weighted by atomic mass is 9.92. The molecular formula is C13H21N3. The first-order chi connectivity index (χ1) is 7.68. The van der Waals surface area contributed by atoms with Gasteiger partial charge >= 0.3 is 0 Å². The van der Waals surface area contributed by atoms with Crippen LogP contribution in [0.25, 0.3) is 0 Å². The highest BCUT2D eigenvalue weighted by molar-refractivity contribution is 5.14. The number of aromatic nitrogens is 1. The monoisotopic (exact) mass is 219 g/mol. The lowest BCUT2D eigenvalue weighted by Crippen LogP contribution is -2.48. The van der Waals surface area contributed by atoms with Crippen LogP contribution in [0.2, 0.25) is 0 Å². The van der Waals surface area contributed by atoms with Gasteiger partial charge in [0.15, 0.2) is 0 Å². The topological polar surface area (TPSA) is 42.2 Å². The molecule has 1 aromatic heterocycles. The fourth-order valence-electron chi connectivity index (χ4n) is 2.33. The SMILES string of the molecule is CC1CCN(C(C)c2ccncc2)CC1N. The van der Waals surface area contributed by atoms with Crippen molar-refractivity contribution in [1.29, 1.82) is 0 Å². The molecule has 88 valence electrons. The maximum Gasteiger partial charge on any atom is 0.0321 e. The summed E-state index contributed by atoms with van der Waals surface area (Å²) in [6.45, 7) is 6.65. The molecule has 3 atom stereocenters. The zero-order chi connectivity index (χ0) is 11.5. The number of piperidine rings is 1. The Labute approximate surface area is 97.7 Å². The van der Waals surface area contributed by atoms with Gasteiger partial charge in [-0.3, -0.25) is 9.88 Å². The molecule has 0 aliphatic carbocycles. The molecular weight excluding hydrogens is 198 g/mol. The standard InChI is InChI=1S/C13H21N3/c1-10-5-8-16(9-13(10)14)11(2)12-3-6-15-7-4-12/h3-4,6-7,10-11,13H,5,8-9,14H2,1-2H3. The van der Waals surface area contributed by atoms with Crippen LogP contribution < -0.4 is 5.73 Å². The van der Waals surface area contributed by atoms with E-state index in [9.17, 15) is 0 Å². The van der Waals surface area contributed by atoms with Gasteiger partial charge in [0.05, 0.1) is 0 Å². The van der Waals surface area contributed by atoms with Gasteiger partial charge in [0.2, 0.25) is 0 Å². The Kier molecular flexibility index (Phi) is 3.56. The van der Waals surface area contributed by atoms with Crippen LogP contribution in [0.5, 0.6) is 0 Å². The first-order valence-electron chi connectivity index (χ1n) is 6.08. The second-order valence-electron chi connectivity index (χ2n) is 4.88. The molecule has 0 amide bonds. The Morgan fingerprint density at radius 2 is 2.12 bits per heavy atom. The molecule has 2 N–H and O–H groups in total. The molecule has 2 rings (SSSR count). The van der Waals surface area contributed by atoms with E-state index in [1.165, 1.54) is 12.0 Å². The number of rotatable bonds is 2. The predicted molar refractivity (Wildman–Crippen MR) is 66.0 cm³/mol. The molecule has 1 aliphatic rings. The van der Waals surface area contributed by atoms with Gasteiger partial charge in [0.1, 0.15) is 0 Å². The highest BCUT2D eigenvalue weighted by Gasteiger charge is 2.26. The minimum Gasteiger partial charge on any atom is -0.326 e. The highest BCUT2D eigenvalue weighted by atomic mass is 15.2. The van der Waals surface area contributed by atoms with Crippen molar-refractivity contribution in [2.75, 3.05) is 13.1 Å². The second kappa shape index (κ2) is 4.93. The third-order valence-corrected chi connectivity index (χ3v) is 3.78. The van der Waals surface area contributed by atoms with Gasteiger partial charge in [0.25, 0.3) is 0 Å². The van der Waals surface area contributed by atoms with Gasteiger partial charge in [-0.2, -0.15) is 0 Å². The van der Waals surface area contributed by atoms with Crippen molar-refractivity contribution in [2.45, 2.75) is 32.4 Å². The van der Waals surface area contributed by atoms with Crippen LogP contribution in [0, 0.1) is 5.92 Å². The van der Waals surface area contributed by atoms with E-state index in [0.29, 0.717) is 18.0 Å². The zero-order valence-corrected chi connectivity index (χ0v) is 10.1. The Morgan fingerprint density at radius 1 is 1.44 bits per heavy atom. The van der Waals surface area contributed by atoms with Crippen LogP contribution in [0.4, 0.5) is 0 Å². The first-order valence-corrected chi connectivity index (χ1v) is 6.08. The van der Waals surface area contributed by atoms with Crippen molar-refractivity contribution in [3.8, 4) is 0 Å². The molecule has 1 aliphatic heterocycles. The molecule has 3 nitrogen and oxygen atoms in total. The van der Waals surface area contributed by atoms with Crippen molar-refractivity contribution < 1.29 is 0 Å². The van der Waals surface area contributed by atoms with Gasteiger partial charge in [-0.15, -0.1) is 0 Å². The Balaban J connectivity index is 2.03. The van der Waals surface area contributed by atoms with E-state index in [2.05, 4.69) is 35.9 Å². The van der Waals surface area contributed by atoms with Crippen LogP contribution in [0.3, 0.4) is 0 Å². The number of nitrogens with zero attached hydrogens (tertiary/aromatic N) is 2. The van der Waals surface area contributed by atoms with Crippen LogP contribution in [0.15, 0.2) is 24.5 Å². The smallest absolute Gasteiger partial charge is 0.0321 e. The first kappa shape index (κ1) is 11.6. The average Bonchev–Trinajstić information content (AvgIpc) is 2.33. The van der Waals surface area contributed by atoms with Crippen molar-refractivity contribution in [3.63, 3.8) is 0 Å². The van der Waals surface area contributed by atoms with E-state index >= 15 is 0 Å². The summed E-state index contributed by atoms with van der Waals surface area (Å²) in [6, 6.07) is 4.95. The summed E-state index contributed by atoms with van der Waals surface area (Å²) in [7, 11) is 0. The molecule has 0 radical (unpaired) electrons. The Hall–Kier alpha value is -0.930. The molecule has 3 heteroatoms. The largest absolute Gasteiger partial charge is 0.326 e. The van der Waals surface area contributed by atoms with E-state index in [0.717, 1.165) is 13.1 Å². The molecule has 1 fully saturated rings. The summed E-state index contributed by atoms with van der Waals surface area (Å²) in [6.07, 6.45) is 4.92. The normalized spacial score (nSPS) is 28.9. The number of hydrogen-bond acceptors (Lipinski definition) is 3. The number of hydrogen-bond donors (Lipinski definition) is 1. The highest BCUT2D eigenvalue weighted by Crippen LogP contribution is 2.25. The fraction of sp³-hybridized carbons (Fsp3) is 0.615. The summed E-state index contributed by atoms with van der Waals surface area (Å²) in [4.78, 5) is 6.53.